The Kier molecular flexibility index (Phi) is 5.71. The standard InChI is InChI=1S/C20H19ClN4O/c1-2-15-6-3-4-8-19(15)23-20(26)24-22-14-18-7-5-13-25(18)17-11-9-16(21)10-12-17/h3-14H,2H2,1H3,(H2,23,24,26)/b22-14+. The number of anilines is 1. The number of carbonyl (C=O) groups excluding carboxylic acids is 1. The molecule has 2 aromatic carbocycles. The number of rotatable bonds is 5. The fraction of sp³-hybridized carbons (Fsp3) is 0.100. The number of urea groups is 1. The first-order valence-electron chi connectivity index (χ1n) is 8.28. The summed E-state index contributed by atoms with van der Waals surface area (Å²) in [5.74, 6) is 0. The summed E-state index contributed by atoms with van der Waals surface area (Å²) < 4.78 is 1.95. The Morgan fingerprint density at radius 2 is 1.88 bits per heavy atom. The second-order valence-electron chi connectivity index (χ2n) is 5.61. The Morgan fingerprint density at radius 3 is 2.65 bits per heavy atom. The Balaban J connectivity index is 1.65. The second-order valence-corrected chi connectivity index (χ2v) is 6.05. The molecule has 0 spiro atoms. The first-order valence-corrected chi connectivity index (χ1v) is 8.66. The molecule has 0 aliphatic carbocycles. The summed E-state index contributed by atoms with van der Waals surface area (Å²) in [6.07, 6.45) is 4.36. The Morgan fingerprint density at radius 1 is 1.12 bits per heavy atom. The highest BCUT2D eigenvalue weighted by Gasteiger charge is 2.05. The van der Waals surface area contributed by atoms with Gasteiger partial charge in [-0.3, -0.25) is 0 Å². The van der Waals surface area contributed by atoms with Gasteiger partial charge in [0.25, 0.3) is 0 Å². The lowest BCUT2D eigenvalue weighted by Gasteiger charge is -2.09. The third-order valence-corrected chi connectivity index (χ3v) is 4.15. The van der Waals surface area contributed by atoms with Crippen LogP contribution >= 0.6 is 11.6 Å². The summed E-state index contributed by atoms with van der Waals surface area (Å²) in [4.78, 5) is 12.0. The van der Waals surface area contributed by atoms with Crippen LogP contribution in [0.5, 0.6) is 0 Å². The van der Waals surface area contributed by atoms with E-state index in [2.05, 4.69) is 15.8 Å². The van der Waals surface area contributed by atoms with E-state index in [-0.39, 0.29) is 6.03 Å². The van der Waals surface area contributed by atoms with Gasteiger partial charge in [-0.2, -0.15) is 5.10 Å². The van der Waals surface area contributed by atoms with E-state index < -0.39 is 0 Å². The third-order valence-electron chi connectivity index (χ3n) is 3.89. The van der Waals surface area contributed by atoms with E-state index in [1.54, 1.807) is 6.21 Å². The fourth-order valence-electron chi connectivity index (χ4n) is 2.59. The Bertz CT molecular complexity index is 916. The lowest BCUT2D eigenvalue weighted by Crippen LogP contribution is -2.24. The number of amides is 2. The highest BCUT2D eigenvalue weighted by molar-refractivity contribution is 6.30. The van der Waals surface area contributed by atoms with Crippen LogP contribution in [0.15, 0.2) is 72.0 Å². The zero-order chi connectivity index (χ0) is 18.4. The van der Waals surface area contributed by atoms with Gasteiger partial charge in [0.15, 0.2) is 0 Å². The number of hydrazone groups is 1. The van der Waals surface area contributed by atoms with E-state index in [1.165, 1.54) is 0 Å². The minimum atomic E-state index is -0.383. The van der Waals surface area contributed by atoms with Crippen molar-refractivity contribution in [1.29, 1.82) is 0 Å². The van der Waals surface area contributed by atoms with Gasteiger partial charge in [-0.05, 0) is 54.4 Å². The van der Waals surface area contributed by atoms with Crippen LogP contribution in [0.4, 0.5) is 10.5 Å². The topological polar surface area (TPSA) is 58.4 Å². The van der Waals surface area contributed by atoms with Crippen LogP contribution in [-0.4, -0.2) is 16.8 Å². The van der Waals surface area contributed by atoms with Crippen LogP contribution in [0.2, 0.25) is 5.02 Å². The maximum atomic E-state index is 12.0. The molecule has 3 rings (SSSR count). The highest BCUT2D eigenvalue weighted by atomic mass is 35.5. The third kappa shape index (κ3) is 4.32. The minimum Gasteiger partial charge on any atom is -0.316 e. The van der Waals surface area contributed by atoms with Gasteiger partial charge in [0.05, 0.1) is 11.9 Å². The lowest BCUT2D eigenvalue weighted by molar-refractivity contribution is 0.252. The van der Waals surface area contributed by atoms with Crippen molar-refractivity contribution in [2.24, 2.45) is 5.10 Å². The predicted molar refractivity (Wildman–Crippen MR) is 106 cm³/mol. The summed E-state index contributed by atoms with van der Waals surface area (Å²) in [6, 6.07) is 18.6. The van der Waals surface area contributed by atoms with Gasteiger partial charge < -0.3 is 9.88 Å². The summed E-state index contributed by atoms with van der Waals surface area (Å²) in [7, 11) is 0. The van der Waals surface area contributed by atoms with Crippen LogP contribution in [-0.2, 0) is 6.42 Å². The molecule has 0 fully saturated rings. The monoisotopic (exact) mass is 366 g/mol. The Hall–Kier alpha value is -3.05. The summed E-state index contributed by atoms with van der Waals surface area (Å²) >= 11 is 5.93. The van der Waals surface area contributed by atoms with Gasteiger partial charge in [-0.15, -0.1) is 0 Å². The van der Waals surface area contributed by atoms with E-state index in [1.807, 2.05) is 78.4 Å². The van der Waals surface area contributed by atoms with Crippen LogP contribution in [0.25, 0.3) is 5.69 Å². The fourth-order valence-corrected chi connectivity index (χ4v) is 2.72. The number of aryl methyl sites for hydroxylation is 1. The van der Waals surface area contributed by atoms with Gasteiger partial charge in [0.1, 0.15) is 0 Å². The zero-order valence-electron chi connectivity index (χ0n) is 14.3. The molecule has 0 bridgehead atoms. The van der Waals surface area contributed by atoms with E-state index in [4.69, 9.17) is 11.6 Å². The quantitative estimate of drug-likeness (QED) is 0.492. The molecular weight excluding hydrogens is 348 g/mol. The summed E-state index contributed by atoms with van der Waals surface area (Å²) in [5.41, 5.74) is 6.15. The normalized spacial score (nSPS) is 10.8. The first-order chi connectivity index (χ1) is 12.7. The first kappa shape index (κ1) is 17.8. The van der Waals surface area contributed by atoms with Crippen molar-refractivity contribution in [3.05, 3.63) is 83.1 Å². The second kappa shape index (κ2) is 8.36. The summed E-state index contributed by atoms with van der Waals surface area (Å²) in [5, 5.41) is 7.53. The van der Waals surface area contributed by atoms with Crippen LogP contribution in [0.3, 0.4) is 0 Å². The molecule has 0 radical (unpaired) electrons. The number of benzene rings is 2. The van der Waals surface area contributed by atoms with Crippen molar-refractivity contribution in [2.45, 2.75) is 13.3 Å². The number of para-hydroxylation sites is 1. The predicted octanol–water partition coefficient (Wildman–Crippen LogP) is 4.85. The summed E-state index contributed by atoms with van der Waals surface area (Å²) in [6.45, 7) is 2.04. The van der Waals surface area contributed by atoms with Crippen molar-refractivity contribution < 1.29 is 4.79 Å². The molecule has 1 heterocycles. The molecule has 1 aromatic heterocycles. The number of halogens is 1. The maximum Gasteiger partial charge on any atom is 0.339 e. The average Bonchev–Trinajstić information content (AvgIpc) is 3.11. The molecule has 3 aromatic rings. The molecule has 0 saturated carbocycles. The van der Waals surface area contributed by atoms with E-state index in [9.17, 15) is 4.79 Å². The molecule has 2 N–H and O–H groups in total. The molecule has 132 valence electrons. The van der Waals surface area contributed by atoms with E-state index in [0.29, 0.717) is 5.02 Å². The number of hydrogen-bond donors (Lipinski definition) is 2. The molecule has 0 unspecified atom stereocenters. The van der Waals surface area contributed by atoms with Gasteiger partial charge in [-0.1, -0.05) is 36.7 Å². The van der Waals surface area contributed by atoms with Crippen molar-refractivity contribution in [2.75, 3.05) is 5.32 Å². The zero-order valence-corrected chi connectivity index (χ0v) is 15.1. The SMILES string of the molecule is CCc1ccccc1NC(=O)N/N=C/c1cccn1-c1ccc(Cl)cc1. The molecule has 2 amide bonds. The van der Waals surface area contributed by atoms with E-state index in [0.717, 1.165) is 29.1 Å². The van der Waals surface area contributed by atoms with Crippen LogP contribution in [0.1, 0.15) is 18.2 Å². The van der Waals surface area contributed by atoms with Crippen molar-refractivity contribution >= 4 is 29.5 Å². The molecule has 0 aliphatic heterocycles. The van der Waals surface area contributed by atoms with Crippen molar-refractivity contribution in [3.8, 4) is 5.69 Å². The van der Waals surface area contributed by atoms with Gasteiger partial charge in [0.2, 0.25) is 0 Å². The highest BCUT2D eigenvalue weighted by Crippen LogP contribution is 2.16. The number of nitrogens with one attached hydrogen (secondary N) is 2. The van der Waals surface area contributed by atoms with Crippen molar-refractivity contribution in [3.63, 3.8) is 0 Å². The van der Waals surface area contributed by atoms with Gasteiger partial charge in [-0.25, -0.2) is 10.2 Å². The number of nitrogens with zero attached hydrogens (tertiary/aromatic N) is 2. The van der Waals surface area contributed by atoms with Crippen LogP contribution in [0, 0.1) is 0 Å². The van der Waals surface area contributed by atoms with Gasteiger partial charge >= 0.3 is 6.03 Å². The van der Waals surface area contributed by atoms with Crippen LogP contribution < -0.4 is 10.7 Å². The molecule has 26 heavy (non-hydrogen) atoms. The number of carbonyl (C=O) groups is 1. The minimum absolute atomic E-state index is 0.383. The molecule has 0 aliphatic rings. The average molecular weight is 367 g/mol. The maximum absolute atomic E-state index is 12.0. The largest absolute Gasteiger partial charge is 0.339 e. The van der Waals surface area contributed by atoms with Gasteiger partial charge in [0, 0.05) is 22.6 Å². The molecule has 0 saturated heterocycles. The molecule has 5 nitrogen and oxygen atoms in total. The Labute approximate surface area is 157 Å². The molecule has 6 heteroatoms. The molecule has 0 atom stereocenters. The lowest BCUT2D eigenvalue weighted by atomic mass is 10.1. The van der Waals surface area contributed by atoms with Crippen molar-refractivity contribution in [1.82, 2.24) is 9.99 Å². The number of hydrogen-bond acceptors (Lipinski definition) is 2. The van der Waals surface area contributed by atoms with E-state index >= 15 is 0 Å². The smallest absolute Gasteiger partial charge is 0.316 e. The number of aromatic nitrogens is 1. The molecular formula is C20H19ClN4O.